The van der Waals surface area contributed by atoms with E-state index in [4.69, 9.17) is 26.4 Å². The van der Waals surface area contributed by atoms with Crippen LogP contribution in [0.5, 0.6) is 5.75 Å². The van der Waals surface area contributed by atoms with Crippen LogP contribution in [0, 0.1) is 0 Å². The maximum absolute atomic E-state index is 12.2. The predicted octanol–water partition coefficient (Wildman–Crippen LogP) is 0.787. The van der Waals surface area contributed by atoms with Gasteiger partial charge >= 0.3 is 17.9 Å². The van der Waals surface area contributed by atoms with E-state index in [0.717, 1.165) is 5.56 Å². The topological polar surface area (TPSA) is 194 Å². The second-order valence-electron chi connectivity index (χ2n) is 6.67. The molecule has 0 fully saturated rings. The number of carbonyl (C=O) groups excluding carboxylic acids is 2. The molecule has 11 heteroatoms. The van der Waals surface area contributed by atoms with E-state index in [1.165, 1.54) is 12.1 Å². The van der Waals surface area contributed by atoms with Gasteiger partial charge in [-0.05, 0) is 48.4 Å². The number of hydrogen-bond donors (Lipinski definition) is 5. The van der Waals surface area contributed by atoms with E-state index in [0.29, 0.717) is 17.0 Å². The van der Waals surface area contributed by atoms with Crippen LogP contribution in [0.15, 0.2) is 53.5 Å². The number of aliphatic imine (C=N–C) groups is 1. The van der Waals surface area contributed by atoms with Gasteiger partial charge in [0, 0.05) is 6.42 Å². The van der Waals surface area contributed by atoms with Crippen molar-refractivity contribution in [3.05, 3.63) is 59.7 Å². The number of amides is 1. The van der Waals surface area contributed by atoms with Crippen LogP contribution < -0.4 is 21.5 Å². The van der Waals surface area contributed by atoms with E-state index in [1.807, 2.05) is 0 Å². The van der Waals surface area contributed by atoms with Crippen molar-refractivity contribution in [1.29, 1.82) is 0 Å². The van der Waals surface area contributed by atoms with E-state index in [9.17, 15) is 19.2 Å². The summed E-state index contributed by atoms with van der Waals surface area (Å²) in [4.78, 5) is 49.7. The van der Waals surface area contributed by atoms with Gasteiger partial charge in [-0.2, -0.15) is 0 Å². The number of aryl methyl sites for hydroxylation is 1. The second-order valence-corrected chi connectivity index (χ2v) is 6.67. The molecule has 0 unspecified atom stereocenters. The van der Waals surface area contributed by atoms with Crippen molar-refractivity contribution in [1.82, 2.24) is 5.32 Å². The Bertz CT molecular complexity index is 1010. The van der Waals surface area contributed by atoms with Gasteiger partial charge in [0.15, 0.2) is 5.96 Å². The highest BCUT2D eigenvalue weighted by atomic mass is 16.5. The SMILES string of the molecule is NC(N)=Nc1ccc(C(=O)Oc2ccc(CCC(=O)N[C@H](CC(=O)O)C(=O)O)cc2)cc1. The number of guanidine groups is 1. The molecule has 0 heterocycles. The molecule has 0 aliphatic heterocycles. The Morgan fingerprint density at radius 1 is 0.969 bits per heavy atom. The van der Waals surface area contributed by atoms with Gasteiger partial charge < -0.3 is 31.7 Å². The highest BCUT2D eigenvalue weighted by molar-refractivity contribution is 5.91. The van der Waals surface area contributed by atoms with Crippen molar-refractivity contribution >= 4 is 35.5 Å². The van der Waals surface area contributed by atoms with Gasteiger partial charge in [0.05, 0.1) is 17.7 Å². The lowest BCUT2D eigenvalue weighted by molar-refractivity contribution is -0.147. The number of carboxylic acids is 2. The minimum absolute atomic E-state index is 0.0370. The standard InChI is InChI=1S/C21H22N4O7/c22-21(23)24-14-6-4-13(5-7-14)20(31)32-15-8-1-12(2-9-15)3-10-17(26)25-16(19(29)30)11-18(27)28/h1-2,4-9,16H,3,10-11H2,(H,25,26)(H,27,28)(H,29,30)(H4,22,23,24)/t16-/m1/s1. The van der Waals surface area contributed by atoms with Crippen molar-refractivity contribution in [2.24, 2.45) is 16.5 Å². The predicted molar refractivity (Wildman–Crippen MR) is 113 cm³/mol. The van der Waals surface area contributed by atoms with Crippen LogP contribution >= 0.6 is 0 Å². The summed E-state index contributed by atoms with van der Waals surface area (Å²) >= 11 is 0. The summed E-state index contributed by atoms with van der Waals surface area (Å²) in [6.07, 6.45) is -0.464. The van der Waals surface area contributed by atoms with Gasteiger partial charge in [-0.15, -0.1) is 0 Å². The summed E-state index contributed by atoms with van der Waals surface area (Å²) in [6, 6.07) is 11.1. The van der Waals surface area contributed by atoms with Gasteiger partial charge in [0.2, 0.25) is 5.91 Å². The van der Waals surface area contributed by atoms with Crippen LogP contribution in [-0.2, 0) is 20.8 Å². The fourth-order valence-corrected chi connectivity index (χ4v) is 2.61. The fourth-order valence-electron chi connectivity index (χ4n) is 2.61. The third-order valence-corrected chi connectivity index (χ3v) is 4.15. The number of nitrogens with zero attached hydrogens (tertiary/aromatic N) is 1. The molecule has 2 rings (SSSR count). The first-order valence-electron chi connectivity index (χ1n) is 9.39. The number of nitrogens with two attached hydrogens (primary N) is 2. The number of rotatable bonds is 10. The van der Waals surface area contributed by atoms with Crippen molar-refractivity contribution in [2.45, 2.75) is 25.3 Å². The zero-order chi connectivity index (χ0) is 23.7. The monoisotopic (exact) mass is 442 g/mol. The Morgan fingerprint density at radius 2 is 1.59 bits per heavy atom. The molecule has 0 radical (unpaired) electrons. The van der Waals surface area contributed by atoms with E-state index in [-0.39, 0.29) is 18.8 Å². The second kappa shape index (κ2) is 11.1. The molecular weight excluding hydrogens is 420 g/mol. The van der Waals surface area contributed by atoms with E-state index >= 15 is 0 Å². The number of carbonyl (C=O) groups is 4. The van der Waals surface area contributed by atoms with Crippen LogP contribution in [0.1, 0.15) is 28.8 Å². The van der Waals surface area contributed by atoms with Crippen molar-refractivity contribution < 1.29 is 34.1 Å². The molecule has 0 spiro atoms. The first-order chi connectivity index (χ1) is 15.1. The third kappa shape index (κ3) is 7.78. The van der Waals surface area contributed by atoms with Gasteiger partial charge in [0.1, 0.15) is 11.8 Å². The summed E-state index contributed by atoms with van der Waals surface area (Å²) in [6.45, 7) is 0. The molecule has 2 aromatic carbocycles. The average Bonchev–Trinajstić information content (AvgIpc) is 2.72. The lowest BCUT2D eigenvalue weighted by Crippen LogP contribution is -2.42. The Hall–Kier alpha value is -4.41. The van der Waals surface area contributed by atoms with Crippen LogP contribution in [-0.4, -0.2) is 46.0 Å². The van der Waals surface area contributed by atoms with E-state index in [2.05, 4.69) is 10.3 Å². The zero-order valence-electron chi connectivity index (χ0n) is 16.9. The Morgan fingerprint density at radius 3 is 2.12 bits per heavy atom. The van der Waals surface area contributed by atoms with Crippen molar-refractivity contribution in [3.8, 4) is 5.75 Å². The quantitative estimate of drug-likeness (QED) is 0.153. The number of aliphatic carboxylic acids is 2. The molecule has 168 valence electrons. The van der Waals surface area contributed by atoms with Gasteiger partial charge in [0.25, 0.3) is 0 Å². The maximum atomic E-state index is 12.2. The molecule has 2 aromatic rings. The smallest absolute Gasteiger partial charge is 0.343 e. The average molecular weight is 442 g/mol. The molecule has 7 N–H and O–H groups in total. The Labute approximate surface area is 182 Å². The molecule has 1 atom stereocenters. The highest BCUT2D eigenvalue weighted by Crippen LogP contribution is 2.17. The number of ether oxygens (including phenoxy) is 1. The summed E-state index contributed by atoms with van der Waals surface area (Å²) in [7, 11) is 0. The Kier molecular flexibility index (Phi) is 8.29. The first kappa shape index (κ1) is 23.9. The van der Waals surface area contributed by atoms with Crippen molar-refractivity contribution in [3.63, 3.8) is 0 Å². The highest BCUT2D eigenvalue weighted by Gasteiger charge is 2.22. The molecule has 0 aromatic heterocycles. The molecule has 0 aliphatic carbocycles. The minimum Gasteiger partial charge on any atom is -0.481 e. The zero-order valence-corrected chi connectivity index (χ0v) is 16.9. The molecule has 11 nitrogen and oxygen atoms in total. The van der Waals surface area contributed by atoms with Gasteiger partial charge in [-0.3, -0.25) is 9.59 Å². The molecule has 32 heavy (non-hydrogen) atoms. The number of benzene rings is 2. The normalized spacial score (nSPS) is 11.1. The van der Waals surface area contributed by atoms with Crippen LogP contribution in [0.2, 0.25) is 0 Å². The number of hydrogen-bond acceptors (Lipinski definition) is 6. The summed E-state index contributed by atoms with van der Waals surface area (Å²) in [5.41, 5.74) is 12.1. The van der Waals surface area contributed by atoms with Crippen molar-refractivity contribution in [2.75, 3.05) is 0 Å². The largest absolute Gasteiger partial charge is 0.481 e. The molecule has 0 saturated heterocycles. The maximum Gasteiger partial charge on any atom is 0.343 e. The van der Waals surface area contributed by atoms with Gasteiger partial charge in [-0.1, -0.05) is 12.1 Å². The van der Waals surface area contributed by atoms with Crippen LogP contribution in [0.25, 0.3) is 0 Å². The Balaban J connectivity index is 1.88. The summed E-state index contributed by atoms with van der Waals surface area (Å²) in [5.74, 6) is -3.71. The molecular formula is C21H22N4O7. The lowest BCUT2D eigenvalue weighted by Gasteiger charge is -2.12. The first-order valence-corrected chi connectivity index (χ1v) is 9.39. The molecule has 0 bridgehead atoms. The summed E-state index contributed by atoms with van der Waals surface area (Å²) in [5, 5.41) is 19.8. The molecule has 0 aliphatic rings. The molecule has 1 amide bonds. The van der Waals surface area contributed by atoms with E-state index < -0.39 is 36.3 Å². The fraction of sp³-hybridized carbons (Fsp3) is 0.190. The van der Waals surface area contributed by atoms with Gasteiger partial charge in [-0.25, -0.2) is 14.6 Å². The van der Waals surface area contributed by atoms with E-state index in [1.54, 1.807) is 36.4 Å². The number of nitrogens with one attached hydrogen (secondary N) is 1. The third-order valence-electron chi connectivity index (χ3n) is 4.15. The number of carboxylic acid groups (broad SMARTS) is 2. The van der Waals surface area contributed by atoms with Crippen LogP contribution in [0.4, 0.5) is 5.69 Å². The lowest BCUT2D eigenvalue weighted by atomic mass is 10.1. The number of esters is 1. The van der Waals surface area contributed by atoms with Crippen LogP contribution in [0.3, 0.4) is 0 Å². The molecule has 0 saturated carbocycles. The summed E-state index contributed by atoms with van der Waals surface area (Å²) < 4.78 is 5.29. The minimum atomic E-state index is -1.49.